The predicted octanol–water partition coefficient (Wildman–Crippen LogP) is -1.59. The molecule has 0 saturated heterocycles. The first-order valence-corrected chi connectivity index (χ1v) is 6.41. The molecule has 0 spiro atoms. The third-order valence-electron chi connectivity index (χ3n) is 3.82. The van der Waals surface area contributed by atoms with Gasteiger partial charge in [-0.25, -0.2) is 0 Å². The van der Waals surface area contributed by atoms with Gasteiger partial charge in [-0.3, -0.25) is 0 Å². The third kappa shape index (κ3) is 3.26. The molecule has 0 nitrogen and oxygen atoms in total. The number of benzene rings is 2. The standard InChI is InChI=1S/C18H13.2ClH.Hf/c1-2-6-13(5-1)14-9-10-18-16(11-14)12-15-7-3-4-8-17(15)18;;;/h1-5,7-10H,6,12H2;2*1H;/q-1;;;+4/p-2. The third-order valence-corrected chi connectivity index (χ3v) is 3.82. The van der Waals surface area contributed by atoms with Crippen LogP contribution >= 0.6 is 0 Å². The van der Waals surface area contributed by atoms with Gasteiger partial charge in [-0.15, -0.1) is 41.0 Å². The second-order valence-electron chi connectivity index (χ2n) is 4.92. The molecule has 4 rings (SSSR count). The summed E-state index contributed by atoms with van der Waals surface area (Å²) in [5.41, 5.74) is 8.16. The maximum atomic E-state index is 3.61. The summed E-state index contributed by atoms with van der Waals surface area (Å²) in [4.78, 5) is 0. The zero-order valence-corrected chi connectivity index (χ0v) is 16.5. The smallest absolute Gasteiger partial charge is 1.00 e. The van der Waals surface area contributed by atoms with E-state index in [1.807, 2.05) is 0 Å². The minimum Gasteiger partial charge on any atom is -1.00 e. The van der Waals surface area contributed by atoms with Crippen LogP contribution in [-0.2, 0) is 32.3 Å². The van der Waals surface area contributed by atoms with Crippen LogP contribution in [-0.4, -0.2) is 0 Å². The van der Waals surface area contributed by atoms with E-state index in [0.717, 1.165) is 12.8 Å². The molecule has 0 aliphatic heterocycles. The predicted molar refractivity (Wildman–Crippen MR) is 75.3 cm³/mol. The zero-order chi connectivity index (χ0) is 11.9. The molecule has 2 aliphatic rings. The molecule has 0 radical (unpaired) electrons. The molecule has 0 bridgehead atoms. The monoisotopic (exact) mass is 479 g/mol. The average molecular weight is 479 g/mol. The van der Waals surface area contributed by atoms with Gasteiger partial charge in [0.2, 0.25) is 0 Å². The van der Waals surface area contributed by atoms with E-state index in [-0.39, 0.29) is 50.7 Å². The van der Waals surface area contributed by atoms with Crippen LogP contribution in [0.1, 0.15) is 23.1 Å². The van der Waals surface area contributed by atoms with Gasteiger partial charge in [0.1, 0.15) is 0 Å². The van der Waals surface area contributed by atoms with Gasteiger partial charge in [0, 0.05) is 0 Å². The summed E-state index contributed by atoms with van der Waals surface area (Å²) in [5.74, 6) is 0. The number of fused-ring (bicyclic) bond motifs is 3. The Hall–Kier alpha value is -0.630. The molecule has 0 unspecified atom stereocenters. The molecule has 0 atom stereocenters. The van der Waals surface area contributed by atoms with Crippen molar-refractivity contribution in [3.05, 3.63) is 77.4 Å². The number of hydrogen-bond donors (Lipinski definition) is 0. The van der Waals surface area contributed by atoms with Crippen LogP contribution < -0.4 is 24.8 Å². The maximum Gasteiger partial charge on any atom is 4.00 e. The van der Waals surface area contributed by atoms with Crippen molar-refractivity contribution in [2.45, 2.75) is 12.8 Å². The van der Waals surface area contributed by atoms with Crippen molar-refractivity contribution in [2.75, 3.05) is 0 Å². The van der Waals surface area contributed by atoms with E-state index in [4.69, 9.17) is 0 Å². The molecular weight excluding hydrogens is 466 g/mol. The maximum absolute atomic E-state index is 3.61. The first-order valence-electron chi connectivity index (χ1n) is 6.41. The SMILES string of the molecule is [Cl-].[Cl-].[Hf+4].[c-]1c(C2=CC=CC2)ccc2c1Cc1ccccc1-2. The average Bonchev–Trinajstić information content (AvgIpc) is 3.05. The van der Waals surface area contributed by atoms with E-state index < -0.39 is 0 Å². The minimum absolute atomic E-state index is 0. The Labute approximate surface area is 157 Å². The Morgan fingerprint density at radius 1 is 0.905 bits per heavy atom. The van der Waals surface area contributed by atoms with Crippen LogP contribution in [0.4, 0.5) is 0 Å². The molecule has 2 aliphatic carbocycles. The van der Waals surface area contributed by atoms with Gasteiger partial charge in [0.15, 0.2) is 0 Å². The molecule has 0 N–H and O–H groups in total. The summed E-state index contributed by atoms with van der Waals surface area (Å²) >= 11 is 0. The second-order valence-corrected chi connectivity index (χ2v) is 4.92. The molecule has 2 aromatic carbocycles. The Balaban J connectivity index is 0.000000735. The second kappa shape index (κ2) is 7.58. The summed E-state index contributed by atoms with van der Waals surface area (Å²) in [6, 6.07) is 16.7. The van der Waals surface area contributed by atoms with E-state index in [2.05, 4.69) is 60.7 Å². The molecule has 0 aromatic heterocycles. The van der Waals surface area contributed by atoms with Gasteiger partial charge in [0.05, 0.1) is 0 Å². The van der Waals surface area contributed by atoms with Crippen LogP contribution in [0, 0.1) is 6.07 Å². The Bertz CT molecular complexity index is 702. The van der Waals surface area contributed by atoms with Crippen molar-refractivity contribution in [1.29, 1.82) is 0 Å². The summed E-state index contributed by atoms with van der Waals surface area (Å²) in [5, 5.41) is 0. The van der Waals surface area contributed by atoms with Crippen LogP contribution in [0.15, 0.2) is 54.6 Å². The fourth-order valence-corrected chi connectivity index (χ4v) is 2.89. The van der Waals surface area contributed by atoms with Gasteiger partial charge in [-0.05, 0) is 18.4 Å². The van der Waals surface area contributed by atoms with Crippen molar-refractivity contribution >= 4 is 5.57 Å². The van der Waals surface area contributed by atoms with E-state index in [9.17, 15) is 0 Å². The molecule has 102 valence electrons. The van der Waals surface area contributed by atoms with Gasteiger partial charge in [-0.2, -0.15) is 0 Å². The van der Waals surface area contributed by atoms with E-state index in [1.165, 1.54) is 33.4 Å². The van der Waals surface area contributed by atoms with E-state index in [0.29, 0.717) is 0 Å². The molecule has 0 saturated carbocycles. The first kappa shape index (κ1) is 18.4. The number of hydrogen-bond acceptors (Lipinski definition) is 0. The molecule has 2 aromatic rings. The van der Waals surface area contributed by atoms with Gasteiger partial charge in [0.25, 0.3) is 0 Å². The fraction of sp³-hybridized carbons (Fsp3) is 0.111. The summed E-state index contributed by atoms with van der Waals surface area (Å²) in [7, 11) is 0. The number of rotatable bonds is 1. The molecule has 21 heavy (non-hydrogen) atoms. The topological polar surface area (TPSA) is 0 Å². The van der Waals surface area contributed by atoms with Crippen LogP contribution in [0.5, 0.6) is 0 Å². The quantitative estimate of drug-likeness (QED) is 0.292. The summed E-state index contributed by atoms with van der Waals surface area (Å²) in [6.07, 6.45) is 8.60. The number of halogens is 2. The van der Waals surface area contributed by atoms with Gasteiger partial charge < -0.3 is 24.8 Å². The van der Waals surface area contributed by atoms with Crippen molar-refractivity contribution in [2.24, 2.45) is 0 Å². The van der Waals surface area contributed by atoms with Crippen LogP contribution in [0.25, 0.3) is 16.7 Å². The molecule has 3 heteroatoms. The normalized spacial score (nSPS) is 13.2. The Kier molecular flexibility index (Phi) is 6.65. The van der Waals surface area contributed by atoms with Gasteiger partial charge in [-0.1, -0.05) is 47.5 Å². The van der Waals surface area contributed by atoms with Crippen molar-refractivity contribution in [3.63, 3.8) is 0 Å². The van der Waals surface area contributed by atoms with Crippen LogP contribution in [0.3, 0.4) is 0 Å². The Morgan fingerprint density at radius 2 is 1.71 bits per heavy atom. The molecular formula is C18H13Cl2Hf+. The molecule has 0 fully saturated rings. The molecule has 0 amide bonds. The van der Waals surface area contributed by atoms with Crippen molar-refractivity contribution in [1.82, 2.24) is 0 Å². The Morgan fingerprint density at radius 3 is 2.48 bits per heavy atom. The van der Waals surface area contributed by atoms with Crippen LogP contribution in [0.2, 0.25) is 0 Å². The van der Waals surface area contributed by atoms with E-state index in [1.54, 1.807) is 0 Å². The summed E-state index contributed by atoms with van der Waals surface area (Å²) in [6.45, 7) is 0. The van der Waals surface area contributed by atoms with Gasteiger partial charge >= 0.3 is 25.8 Å². The largest absolute Gasteiger partial charge is 4.00 e. The molecule has 0 heterocycles. The summed E-state index contributed by atoms with van der Waals surface area (Å²) < 4.78 is 0. The zero-order valence-electron chi connectivity index (χ0n) is 11.4. The van der Waals surface area contributed by atoms with Crippen molar-refractivity contribution < 1.29 is 50.7 Å². The minimum atomic E-state index is 0. The van der Waals surface area contributed by atoms with E-state index >= 15 is 0 Å². The number of allylic oxidation sites excluding steroid dienone is 4. The first-order chi connectivity index (χ1) is 8.92. The fourth-order valence-electron chi connectivity index (χ4n) is 2.89. The van der Waals surface area contributed by atoms with Crippen molar-refractivity contribution in [3.8, 4) is 11.1 Å².